The molecule has 0 fully saturated rings. The SMILES string of the molecule is CCOC(C)(C)C(=O)Cc1c(Br)c(CC)nn1CC. The Morgan fingerprint density at radius 3 is 2.47 bits per heavy atom. The summed E-state index contributed by atoms with van der Waals surface area (Å²) in [4.78, 5) is 12.4. The molecule has 0 aliphatic heterocycles. The van der Waals surface area contributed by atoms with Gasteiger partial charge in [-0.2, -0.15) is 5.10 Å². The monoisotopic (exact) mass is 330 g/mol. The highest BCUT2D eigenvalue weighted by molar-refractivity contribution is 9.10. The molecule has 0 bridgehead atoms. The van der Waals surface area contributed by atoms with Crippen LogP contribution in [-0.4, -0.2) is 27.8 Å². The van der Waals surface area contributed by atoms with Gasteiger partial charge in [-0.3, -0.25) is 9.48 Å². The van der Waals surface area contributed by atoms with Crippen molar-refractivity contribution in [2.45, 2.75) is 59.6 Å². The highest BCUT2D eigenvalue weighted by Crippen LogP contribution is 2.25. The maximum Gasteiger partial charge on any atom is 0.169 e. The van der Waals surface area contributed by atoms with Gasteiger partial charge >= 0.3 is 0 Å². The van der Waals surface area contributed by atoms with E-state index in [1.165, 1.54) is 0 Å². The number of nitrogens with zero attached hydrogens (tertiary/aromatic N) is 2. The number of hydrogen-bond acceptors (Lipinski definition) is 3. The van der Waals surface area contributed by atoms with E-state index in [0.29, 0.717) is 13.0 Å². The van der Waals surface area contributed by atoms with Crippen LogP contribution < -0.4 is 0 Å². The number of carbonyl (C=O) groups excluding carboxylic acids is 1. The van der Waals surface area contributed by atoms with Crippen LogP contribution >= 0.6 is 15.9 Å². The van der Waals surface area contributed by atoms with E-state index in [1.54, 1.807) is 0 Å². The Labute approximate surface area is 123 Å². The lowest BCUT2D eigenvalue weighted by atomic mass is 9.99. The van der Waals surface area contributed by atoms with E-state index in [1.807, 2.05) is 32.4 Å². The number of halogens is 1. The minimum absolute atomic E-state index is 0.0762. The van der Waals surface area contributed by atoms with E-state index in [4.69, 9.17) is 4.74 Å². The Morgan fingerprint density at radius 1 is 1.37 bits per heavy atom. The van der Waals surface area contributed by atoms with Crippen molar-refractivity contribution in [3.63, 3.8) is 0 Å². The van der Waals surface area contributed by atoms with Crippen LogP contribution in [0.2, 0.25) is 0 Å². The number of hydrogen-bond donors (Lipinski definition) is 0. The van der Waals surface area contributed by atoms with Crippen molar-refractivity contribution < 1.29 is 9.53 Å². The fourth-order valence-electron chi connectivity index (χ4n) is 1.99. The first-order valence-corrected chi connectivity index (χ1v) is 7.57. The fraction of sp³-hybridized carbons (Fsp3) is 0.714. The summed E-state index contributed by atoms with van der Waals surface area (Å²) in [5.41, 5.74) is 1.19. The number of aryl methyl sites for hydroxylation is 2. The summed E-state index contributed by atoms with van der Waals surface area (Å²) in [6.45, 7) is 10.9. The van der Waals surface area contributed by atoms with E-state index in [2.05, 4.69) is 28.0 Å². The Morgan fingerprint density at radius 2 is 2.00 bits per heavy atom. The van der Waals surface area contributed by atoms with E-state index in [-0.39, 0.29) is 5.78 Å². The standard InChI is InChI=1S/C14H23BrN2O2/c1-6-10-13(15)11(17(7-2)16-10)9-12(18)14(4,5)19-8-3/h6-9H2,1-5H3. The van der Waals surface area contributed by atoms with Crippen LogP contribution in [0.3, 0.4) is 0 Å². The van der Waals surface area contributed by atoms with Crippen molar-refractivity contribution in [2.75, 3.05) is 6.61 Å². The minimum Gasteiger partial charge on any atom is -0.368 e. The van der Waals surface area contributed by atoms with Crippen LogP contribution in [0.5, 0.6) is 0 Å². The van der Waals surface area contributed by atoms with Gasteiger partial charge in [-0.15, -0.1) is 0 Å². The number of ketones is 1. The molecule has 4 nitrogen and oxygen atoms in total. The first-order valence-electron chi connectivity index (χ1n) is 6.78. The van der Waals surface area contributed by atoms with Crippen LogP contribution in [-0.2, 0) is 28.9 Å². The molecule has 0 unspecified atom stereocenters. The summed E-state index contributed by atoms with van der Waals surface area (Å²) < 4.78 is 8.36. The van der Waals surface area contributed by atoms with Crippen molar-refractivity contribution in [1.82, 2.24) is 9.78 Å². The van der Waals surface area contributed by atoms with Gasteiger partial charge < -0.3 is 4.74 Å². The lowest BCUT2D eigenvalue weighted by Crippen LogP contribution is -2.36. The number of rotatable bonds is 7. The Balaban J connectivity index is 2.99. The lowest BCUT2D eigenvalue weighted by Gasteiger charge is -2.23. The molecule has 0 atom stereocenters. The highest BCUT2D eigenvalue weighted by Gasteiger charge is 2.29. The Hall–Kier alpha value is -0.680. The zero-order valence-electron chi connectivity index (χ0n) is 12.4. The zero-order valence-corrected chi connectivity index (χ0v) is 14.0. The molecule has 0 spiro atoms. The molecule has 0 aliphatic rings. The van der Waals surface area contributed by atoms with Crippen LogP contribution in [0.1, 0.15) is 46.0 Å². The quantitative estimate of drug-likeness (QED) is 0.771. The predicted octanol–water partition coefficient (Wildman–Crippen LogP) is 3.15. The topological polar surface area (TPSA) is 44.1 Å². The first kappa shape index (κ1) is 16.4. The molecule has 1 heterocycles. The van der Waals surface area contributed by atoms with Gasteiger partial charge in [0.15, 0.2) is 5.78 Å². The van der Waals surface area contributed by atoms with Gasteiger partial charge in [0.25, 0.3) is 0 Å². The molecule has 5 heteroatoms. The summed E-state index contributed by atoms with van der Waals surface area (Å²) in [5, 5.41) is 4.50. The first-order chi connectivity index (χ1) is 8.87. The van der Waals surface area contributed by atoms with Crippen molar-refractivity contribution in [1.29, 1.82) is 0 Å². The van der Waals surface area contributed by atoms with Gasteiger partial charge in [0, 0.05) is 13.2 Å². The summed E-state index contributed by atoms with van der Waals surface area (Å²) in [7, 11) is 0. The van der Waals surface area contributed by atoms with Crippen LogP contribution in [0.4, 0.5) is 0 Å². The molecule has 0 radical (unpaired) electrons. The minimum atomic E-state index is -0.747. The average Bonchev–Trinajstić information content (AvgIpc) is 2.66. The summed E-state index contributed by atoms with van der Waals surface area (Å²) in [6, 6.07) is 0. The van der Waals surface area contributed by atoms with Crippen LogP contribution in [0.15, 0.2) is 4.47 Å². The second-order valence-electron chi connectivity index (χ2n) is 4.92. The molecule has 0 saturated carbocycles. The molecular weight excluding hydrogens is 308 g/mol. The molecule has 1 aromatic rings. The molecule has 0 N–H and O–H groups in total. The van der Waals surface area contributed by atoms with Gasteiger partial charge in [0.1, 0.15) is 5.60 Å². The maximum atomic E-state index is 12.4. The van der Waals surface area contributed by atoms with E-state index >= 15 is 0 Å². The van der Waals surface area contributed by atoms with Crippen LogP contribution in [0, 0.1) is 0 Å². The maximum absolute atomic E-state index is 12.4. The van der Waals surface area contributed by atoms with E-state index in [9.17, 15) is 4.79 Å². The summed E-state index contributed by atoms with van der Waals surface area (Å²) in [5.74, 6) is 0.0762. The summed E-state index contributed by atoms with van der Waals surface area (Å²) >= 11 is 3.56. The van der Waals surface area contributed by atoms with Gasteiger partial charge in [0.05, 0.1) is 22.3 Å². The van der Waals surface area contributed by atoms with Crippen LogP contribution in [0.25, 0.3) is 0 Å². The van der Waals surface area contributed by atoms with Crippen molar-refractivity contribution in [3.8, 4) is 0 Å². The third kappa shape index (κ3) is 3.66. The molecule has 0 aliphatic carbocycles. The highest BCUT2D eigenvalue weighted by atomic mass is 79.9. The summed E-state index contributed by atoms with van der Waals surface area (Å²) in [6.07, 6.45) is 1.19. The number of carbonyl (C=O) groups is 1. The molecule has 1 aromatic heterocycles. The Kier molecular flexibility index (Phi) is 5.74. The zero-order chi connectivity index (χ0) is 14.6. The molecule has 19 heavy (non-hydrogen) atoms. The van der Waals surface area contributed by atoms with Crippen molar-refractivity contribution in [2.24, 2.45) is 0 Å². The number of ether oxygens (including phenoxy) is 1. The molecule has 108 valence electrons. The van der Waals surface area contributed by atoms with E-state index in [0.717, 1.165) is 28.8 Å². The predicted molar refractivity (Wildman–Crippen MR) is 79.4 cm³/mol. The molecule has 0 saturated heterocycles. The molecule has 0 aromatic carbocycles. The fourth-order valence-corrected chi connectivity index (χ4v) is 2.70. The second-order valence-corrected chi connectivity index (χ2v) is 5.71. The third-order valence-corrected chi connectivity index (χ3v) is 4.11. The third-order valence-electron chi connectivity index (χ3n) is 3.20. The Bertz CT molecular complexity index is 453. The van der Waals surface area contributed by atoms with Gasteiger partial charge in [-0.05, 0) is 50.0 Å². The average molecular weight is 331 g/mol. The van der Waals surface area contributed by atoms with Crippen molar-refractivity contribution >= 4 is 21.7 Å². The van der Waals surface area contributed by atoms with Gasteiger partial charge in [-0.25, -0.2) is 0 Å². The molecular formula is C14H23BrN2O2. The smallest absolute Gasteiger partial charge is 0.169 e. The largest absolute Gasteiger partial charge is 0.368 e. The second kappa shape index (κ2) is 6.66. The van der Waals surface area contributed by atoms with Crippen molar-refractivity contribution in [3.05, 3.63) is 15.9 Å². The molecule has 0 amide bonds. The van der Waals surface area contributed by atoms with Gasteiger partial charge in [-0.1, -0.05) is 6.92 Å². The number of Topliss-reactive ketones (excluding diaryl/α,β-unsaturated/α-hetero) is 1. The normalized spacial score (nSPS) is 11.9. The molecule has 1 rings (SSSR count). The van der Waals surface area contributed by atoms with E-state index < -0.39 is 5.60 Å². The lowest BCUT2D eigenvalue weighted by molar-refractivity contribution is -0.139. The van der Waals surface area contributed by atoms with Gasteiger partial charge in [0.2, 0.25) is 0 Å². The number of aromatic nitrogens is 2.